The molecule has 0 rings (SSSR count). The zero-order valence-corrected chi connectivity index (χ0v) is 10.7. The predicted octanol–water partition coefficient (Wildman–Crippen LogP) is 3.32. The molecule has 68 valence electrons. The van der Waals surface area contributed by atoms with Crippen molar-refractivity contribution in [3.63, 3.8) is 0 Å². The summed E-state index contributed by atoms with van der Waals surface area (Å²) in [6.07, 6.45) is 8.49. The van der Waals surface area contributed by atoms with Gasteiger partial charge in [0.25, 0.3) is 0 Å². The third-order valence-electron chi connectivity index (χ3n) is 1.89. The van der Waals surface area contributed by atoms with Crippen LogP contribution in [0, 0.1) is 0 Å². The van der Waals surface area contributed by atoms with E-state index in [9.17, 15) is 0 Å². The fourth-order valence-corrected chi connectivity index (χ4v) is 8.12. The van der Waals surface area contributed by atoms with Crippen LogP contribution in [-0.2, 0) is 0 Å². The van der Waals surface area contributed by atoms with Gasteiger partial charge in [-0.15, -0.1) is 0 Å². The molecule has 0 spiro atoms. The zero-order valence-electron chi connectivity index (χ0n) is 8.10. The molecule has 11 heavy (non-hydrogen) atoms. The van der Waals surface area contributed by atoms with Crippen LogP contribution in [0.2, 0.25) is 0 Å². The van der Waals surface area contributed by atoms with Gasteiger partial charge in [-0.3, -0.25) is 0 Å². The average molecular weight is 239 g/mol. The summed E-state index contributed by atoms with van der Waals surface area (Å²) >= 11 is 3.50. The number of hydrogen-bond donors (Lipinski definition) is 0. The molecule has 0 bridgehead atoms. The second-order valence-electron chi connectivity index (χ2n) is 3.23. The van der Waals surface area contributed by atoms with Gasteiger partial charge in [0.2, 0.25) is 0 Å². The Hall–Kier alpha value is 0.949. The van der Waals surface area contributed by atoms with Crippen LogP contribution in [0.1, 0.15) is 40.0 Å². The third kappa shape index (κ3) is 5.23. The van der Waals surface area contributed by atoms with E-state index in [4.69, 9.17) is 0 Å². The molecular formula is C9H21PSe. The van der Waals surface area contributed by atoms with Gasteiger partial charge in [0.15, 0.2) is 0 Å². The Morgan fingerprint density at radius 1 is 0.818 bits per heavy atom. The first kappa shape index (κ1) is 11.9. The minimum absolute atomic E-state index is 0.594. The quantitative estimate of drug-likeness (QED) is 0.492. The van der Waals surface area contributed by atoms with Crippen LogP contribution in [0.15, 0.2) is 0 Å². The molecule has 0 aromatic heterocycles. The molecule has 0 radical (unpaired) electrons. The van der Waals surface area contributed by atoms with Gasteiger partial charge in [0.05, 0.1) is 0 Å². The molecule has 0 aromatic carbocycles. The van der Waals surface area contributed by atoms with Crippen LogP contribution in [0.5, 0.6) is 0 Å². The molecule has 0 heterocycles. The van der Waals surface area contributed by atoms with Gasteiger partial charge in [-0.25, -0.2) is 0 Å². The first-order valence-electron chi connectivity index (χ1n) is 4.75. The van der Waals surface area contributed by atoms with E-state index < -0.39 is 5.51 Å². The van der Waals surface area contributed by atoms with E-state index in [0.717, 1.165) is 0 Å². The van der Waals surface area contributed by atoms with Crippen molar-refractivity contribution < 1.29 is 0 Å². The molecule has 0 nitrogen and oxygen atoms in total. The molecule has 2 heteroatoms. The summed E-state index contributed by atoms with van der Waals surface area (Å²) < 4.78 is 0. The maximum atomic E-state index is 3.50. The number of hydrogen-bond acceptors (Lipinski definition) is 0. The minimum atomic E-state index is -0.594. The van der Waals surface area contributed by atoms with Crippen LogP contribution in [-0.4, -0.2) is 33.6 Å². The number of rotatable bonds is 6. The van der Waals surface area contributed by atoms with Gasteiger partial charge in [0.1, 0.15) is 0 Å². The van der Waals surface area contributed by atoms with Crippen LogP contribution in [0.25, 0.3) is 0 Å². The van der Waals surface area contributed by atoms with Crippen molar-refractivity contribution in [3.05, 3.63) is 0 Å². The van der Waals surface area contributed by atoms with Crippen LogP contribution >= 0.6 is 5.51 Å². The topological polar surface area (TPSA) is 0 Å². The molecular weight excluding hydrogens is 218 g/mol. The summed E-state index contributed by atoms with van der Waals surface area (Å²) in [5.74, 6) is 0. The van der Waals surface area contributed by atoms with E-state index in [-0.39, 0.29) is 0 Å². The molecule has 0 aliphatic carbocycles. The van der Waals surface area contributed by atoms with Gasteiger partial charge in [-0.2, -0.15) is 0 Å². The summed E-state index contributed by atoms with van der Waals surface area (Å²) in [7, 11) is 0. The Bertz CT molecular complexity index is 108. The second kappa shape index (κ2) is 6.46. The van der Waals surface area contributed by atoms with E-state index in [1.54, 1.807) is 0 Å². The maximum absolute atomic E-state index is 3.50. The van der Waals surface area contributed by atoms with Crippen molar-refractivity contribution in [2.45, 2.75) is 40.0 Å². The Balaban J connectivity index is 3.91. The Kier molecular flexibility index (Phi) is 7.02. The van der Waals surface area contributed by atoms with Crippen LogP contribution < -0.4 is 0 Å². The Morgan fingerprint density at radius 2 is 1.09 bits per heavy atom. The third-order valence-corrected chi connectivity index (χ3v) is 9.13. The van der Waals surface area contributed by atoms with E-state index >= 15 is 0 Å². The molecule has 0 aromatic rings. The molecule has 0 aliphatic rings. The van der Waals surface area contributed by atoms with E-state index in [1.807, 2.05) is 0 Å². The molecule has 0 amide bonds. The van der Waals surface area contributed by atoms with Gasteiger partial charge < -0.3 is 0 Å². The molecule has 0 unspecified atom stereocenters. The van der Waals surface area contributed by atoms with Crippen LogP contribution in [0.4, 0.5) is 0 Å². The summed E-state index contributed by atoms with van der Waals surface area (Å²) in [5, 5.41) is 0. The van der Waals surface area contributed by atoms with Crippen molar-refractivity contribution in [3.8, 4) is 0 Å². The van der Waals surface area contributed by atoms with E-state index in [2.05, 4.69) is 35.9 Å². The normalized spacial score (nSPS) is 11.9. The van der Waals surface area contributed by atoms with Gasteiger partial charge >= 0.3 is 79.1 Å². The summed E-state index contributed by atoms with van der Waals surface area (Å²) in [6, 6.07) is 0. The van der Waals surface area contributed by atoms with Crippen molar-refractivity contribution in [1.82, 2.24) is 0 Å². The molecule has 0 saturated heterocycles. The van der Waals surface area contributed by atoms with Gasteiger partial charge in [-0.05, 0) is 0 Å². The van der Waals surface area contributed by atoms with Crippen molar-refractivity contribution in [2.75, 3.05) is 18.5 Å². The van der Waals surface area contributed by atoms with Gasteiger partial charge in [-0.1, -0.05) is 0 Å². The molecule has 0 saturated carbocycles. The predicted molar refractivity (Wildman–Crippen MR) is 58.1 cm³/mol. The fourth-order valence-electron chi connectivity index (χ4n) is 1.56. The monoisotopic (exact) mass is 240 g/mol. The van der Waals surface area contributed by atoms with E-state index in [1.165, 1.54) is 37.7 Å². The van der Waals surface area contributed by atoms with Crippen molar-refractivity contribution in [1.29, 1.82) is 0 Å². The average Bonchev–Trinajstić information content (AvgIpc) is 1.88. The Morgan fingerprint density at radius 3 is 1.27 bits per heavy atom. The fraction of sp³-hybridized carbons (Fsp3) is 1.00. The van der Waals surface area contributed by atoms with Gasteiger partial charge in [0, 0.05) is 0 Å². The molecule has 0 aliphatic heterocycles. The standard InChI is InChI=1S/C9H21PSe/c1-4-7-10(11,8-5-2)9-6-3/h4-9H2,1-3H3. The zero-order chi connectivity index (χ0) is 8.74. The van der Waals surface area contributed by atoms with Crippen LogP contribution in [0.3, 0.4) is 0 Å². The second-order valence-corrected chi connectivity index (χ2v) is 11.6. The summed E-state index contributed by atoms with van der Waals surface area (Å²) in [5.41, 5.74) is -0.594. The first-order valence-corrected chi connectivity index (χ1v) is 9.31. The van der Waals surface area contributed by atoms with Crippen molar-refractivity contribution >= 4 is 20.6 Å². The summed E-state index contributed by atoms with van der Waals surface area (Å²) in [6.45, 7) is 6.91. The summed E-state index contributed by atoms with van der Waals surface area (Å²) in [4.78, 5) is 0. The SMILES string of the molecule is CCCP(=[Se])(CCC)CCC. The molecule has 0 N–H and O–H groups in total. The molecule has 0 fully saturated rings. The molecule has 0 atom stereocenters. The first-order chi connectivity index (χ1) is 5.18. The van der Waals surface area contributed by atoms with Crippen molar-refractivity contribution in [2.24, 2.45) is 0 Å². The Labute approximate surface area is 79.4 Å². The van der Waals surface area contributed by atoms with E-state index in [0.29, 0.717) is 0 Å².